The Labute approximate surface area is 125 Å². The summed E-state index contributed by atoms with van der Waals surface area (Å²) in [7, 11) is 0. The van der Waals surface area contributed by atoms with Crippen molar-refractivity contribution in [2.45, 2.75) is 6.04 Å². The minimum atomic E-state index is -0.335. The van der Waals surface area contributed by atoms with E-state index in [-0.39, 0.29) is 18.4 Å². The number of rotatable bonds is 2. The van der Waals surface area contributed by atoms with Crippen molar-refractivity contribution in [3.05, 3.63) is 55.2 Å². The molecule has 1 atom stereocenters. The number of thiophene rings is 1. The quantitative estimate of drug-likeness (QED) is 0.755. The van der Waals surface area contributed by atoms with Crippen LogP contribution in [-0.4, -0.2) is 0 Å². The molecule has 1 aromatic carbocycles. The largest absolute Gasteiger partial charge is 0.320 e. The van der Waals surface area contributed by atoms with E-state index in [0.29, 0.717) is 20.6 Å². The first-order chi connectivity index (χ1) is 7.61. The van der Waals surface area contributed by atoms with Crippen LogP contribution in [0.3, 0.4) is 0 Å². The summed E-state index contributed by atoms with van der Waals surface area (Å²) in [6, 6.07) is 6.92. The smallest absolute Gasteiger partial charge is 0.0676 e. The molecule has 0 bridgehead atoms. The maximum Gasteiger partial charge on any atom is 0.0676 e. The van der Waals surface area contributed by atoms with Crippen LogP contribution in [0.5, 0.6) is 0 Å². The second kappa shape index (κ2) is 6.28. The fourth-order valence-electron chi connectivity index (χ4n) is 1.44. The van der Waals surface area contributed by atoms with Crippen molar-refractivity contribution in [1.82, 2.24) is 0 Å². The highest BCUT2D eigenvalue weighted by molar-refractivity contribution is 7.10. The highest BCUT2D eigenvalue weighted by Crippen LogP contribution is 2.38. The lowest BCUT2D eigenvalue weighted by Crippen LogP contribution is -2.11. The third kappa shape index (κ3) is 3.08. The van der Waals surface area contributed by atoms with Crippen LogP contribution >= 0.6 is 58.5 Å². The maximum atomic E-state index is 6.12. The average Bonchev–Trinajstić information content (AvgIpc) is 2.77. The monoisotopic (exact) mass is 327 g/mol. The fraction of sp³-hybridized carbons (Fsp3) is 0.0909. The molecular formula is C11H9Cl4NS. The molecule has 1 aromatic heterocycles. The first-order valence-electron chi connectivity index (χ1n) is 4.53. The molecule has 2 N–H and O–H groups in total. The molecule has 0 fully saturated rings. The van der Waals surface area contributed by atoms with E-state index in [9.17, 15) is 0 Å². The lowest BCUT2D eigenvalue weighted by Gasteiger charge is -2.14. The third-order valence-electron chi connectivity index (χ3n) is 2.24. The van der Waals surface area contributed by atoms with E-state index in [2.05, 4.69) is 0 Å². The summed E-state index contributed by atoms with van der Waals surface area (Å²) in [6.45, 7) is 0. The summed E-state index contributed by atoms with van der Waals surface area (Å²) in [5.41, 5.74) is 6.79. The molecule has 0 spiro atoms. The van der Waals surface area contributed by atoms with Gasteiger partial charge in [-0.1, -0.05) is 40.9 Å². The Morgan fingerprint density at radius 2 is 1.71 bits per heavy atom. The molecule has 2 rings (SSSR count). The number of nitrogens with two attached hydrogens (primary N) is 1. The molecule has 0 aliphatic heterocycles. The molecule has 2 aromatic rings. The van der Waals surface area contributed by atoms with E-state index < -0.39 is 0 Å². The van der Waals surface area contributed by atoms with Gasteiger partial charge in [0, 0.05) is 15.5 Å². The summed E-state index contributed by atoms with van der Waals surface area (Å²) in [6.07, 6.45) is 0. The molecular weight excluding hydrogens is 320 g/mol. The summed E-state index contributed by atoms with van der Waals surface area (Å²) < 4.78 is 0. The van der Waals surface area contributed by atoms with E-state index in [4.69, 9.17) is 40.5 Å². The van der Waals surface area contributed by atoms with Gasteiger partial charge in [0.15, 0.2) is 0 Å². The average molecular weight is 329 g/mol. The normalized spacial score (nSPS) is 12.0. The van der Waals surface area contributed by atoms with Gasteiger partial charge < -0.3 is 5.73 Å². The predicted molar refractivity (Wildman–Crippen MR) is 79.1 cm³/mol. The zero-order chi connectivity index (χ0) is 11.7. The van der Waals surface area contributed by atoms with Crippen LogP contribution in [0.25, 0.3) is 0 Å². The summed E-state index contributed by atoms with van der Waals surface area (Å²) in [5.74, 6) is 0. The number of halogens is 4. The van der Waals surface area contributed by atoms with E-state index >= 15 is 0 Å². The van der Waals surface area contributed by atoms with Gasteiger partial charge in [-0.2, -0.15) is 0 Å². The fourth-order valence-corrected chi connectivity index (χ4v) is 2.94. The molecule has 0 saturated carbocycles. The van der Waals surface area contributed by atoms with Gasteiger partial charge in [-0.3, -0.25) is 0 Å². The Morgan fingerprint density at radius 3 is 2.29 bits per heavy atom. The lowest BCUT2D eigenvalue weighted by molar-refractivity contribution is 0.894. The summed E-state index contributed by atoms with van der Waals surface area (Å²) >= 11 is 19.7. The Hall–Kier alpha value is 0.0400. The molecule has 0 aliphatic rings. The van der Waals surface area contributed by atoms with Crippen LogP contribution in [-0.2, 0) is 0 Å². The Bertz CT molecular complexity index is 498. The van der Waals surface area contributed by atoms with Crippen LogP contribution in [0, 0.1) is 0 Å². The van der Waals surface area contributed by atoms with Crippen molar-refractivity contribution in [3.63, 3.8) is 0 Å². The predicted octanol–water partition coefficient (Wildman–Crippen LogP) is 5.18. The van der Waals surface area contributed by atoms with Crippen LogP contribution < -0.4 is 5.73 Å². The van der Waals surface area contributed by atoms with Gasteiger partial charge in [0.05, 0.1) is 16.1 Å². The van der Waals surface area contributed by atoms with Gasteiger partial charge in [0.25, 0.3) is 0 Å². The lowest BCUT2D eigenvalue weighted by atomic mass is 10.1. The molecule has 1 heterocycles. The molecule has 1 nitrogen and oxygen atoms in total. The van der Waals surface area contributed by atoms with Crippen molar-refractivity contribution >= 4 is 58.5 Å². The molecule has 0 unspecified atom stereocenters. The molecule has 0 radical (unpaired) electrons. The van der Waals surface area contributed by atoms with Crippen LogP contribution in [0.1, 0.15) is 16.5 Å². The summed E-state index contributed by atoms with van der Waals surface area (Å²) in [5, 5.41) is 3.39. The van der Waals surface area contributed by atoms with Crippen LogP contribution in [0.2, 0.25) is 15.1 Å². The molecule has 92 valence electrons. The minimum Gasteiger partial charge on any atom is -0.320 e. The first-order valence-corrected chi connectivity index (χ1v) is 6.55. The highest BCUT2D eigenvalue weighted by Gasteiger charge is 2.18. The Balaban J connectivity index is 0.00000144. The standard InChI is InChI=1S/C11H8Cl3NS.ClH/c12-6-3-4-7(13)10(14)9(6)11(15)8-2-1-5-16-8;/h1-5,11H,15H2;1H/t11-;/m0./s1. The van der Waals surface area contributed by atoms with Gasteiger partial charge in [0.1, 0.15) is 0 Å². The SMILES string of the molecule is Cl.N[C@@H](c1cccs1)c1c(Cl)ccc(Cl)c1Cl. The van der Waals surface area contributed by atoms with E-state index in [1.165, 1.54) is 0 Å². The second-order valence-corrected chi connectivity index (χ2v) is 5.42. The van der Waals surface area contributed by atoms with Gasteiger partial charge in [-0.25, -0.2) is 0 Å². The zero-order valence-electron chi connectivity index (χ0n) is 8.49. The maximum absolute atomic E-state index is 6.12. The van der Waals surface area contributed by atoms with Crippen molar-refractivity contribution < 1.29 is 0 Å². The third-order valence-corrected chi connectivity index (χ3v) is 4.34. The van der Waals surface area contributed by atoms with Crippen molar-refractivity contribution in [1.29, 1.82) is 0 Å². The van der Waals surface area contributed by atoms with Crippen molar-refractivity contribution in [2.24, 2.45) is 5.73 Å². The van der Waals surface area contributed by atoms with Gasteiger partial charge in [-0.15, -0.1) is 23.7 Å². The first kappa shape index (κ1) is 15.1. The van der Waals surface area contributed by atoms with Gasteiger partial charge in [0.2, 0.25) is 0 Å². The Morgan fingerprint density at radius 1 is 1.06 bits per heavy atom. The zero-order valence-corrected chi connectivity index (χ0v) is 12.4. The summed E-state index contributed by atoms with van der Waals surface area (Å²) in [4.78, 5) is 1.01. The topological polar surface area (TPSA) is 26.0 Å². The molecule has 0 amide bonds. The molecule has 0 aliphatic carbocycles. The minimum absolute atomic E-state index is 0. The van der Waals surface area contributed by atoms with Crippen LogP contribution in [0.4, 0.5) is 0 Å². The second-order valence-electron chi connectivity index (χ2n) is 3.25. The van der Waals surface area contributed by atoms with Gasteiger partial charge >= 0.3 is 0 Å². The molecule has 0 saturated heterocycles. The Kier molecular flexibility index (Phi) is 5.58. The molecule has 6 heteroatoms. The van der Waals surface area contributed by atoms with E-state index in [0.717, 1.165) is 4.88 Å². The van der Waals surface area contributed by atoms with Crippen LogP contribution in [0.15, 0.2) is 29.6 Å². The van der Waals surface area contributed by atoms with Crippen molar-refractivity contribution in [3.8, 4) is 0 Å². The highest BCUT2D eigenvalue weighted by atomic mass is 35.5. The number of benzene rings is 1. The molecule has 17 heavy (non-hydrogen) atoms. The van der Waals surface area contributed by atoms with Gasteiger partial charge in [-0.05, 0) is 23.6 Å². The number of hydrogen-bond acceptors (Lipinski definition) is 2. The number of hydrogen-bond donors (Lipinski definition) is 1. The van der Waals surface area contributed by atoms with E-state index in [1.54, 1.807) is 23.5 Å². The van der Waals surface area contributed by atoms with Crippen molar-refractivity contribution in [2.75, 3.05) is 0 Å². The van der Waals surface area contributed by atoms with E-state index in [1.807, 2.05) is 17.5 Å².